The summed E-state index contributed by atoms with van der Waals surface area (Å²) >= 11 is 1.23. The maximum absolute atomic E-state index is 13.6. The van der Waals surface area contributed by atoms with Gasteiger partial charge in [-0.3, -0.25) is 14.5 Å². The molecule has 31 heavy (non-hydrogen) atoms. The first kappa shape index (κ1) is 19.4. The van der Waals surface area contributed by atoms with Crippen LogP contribution in [0.2, 0.25) is 0 Å². The molecule has 0 aliphatic carbocycles. The number of benzene rings is 2. The van der Waals surface area contributed by atoms with Crippen LogP contribution in [0.1, 0.15) is 46.6 Å². The molecule has 1 aliphatic rings. The molecule has 0 unspecified atom stereocenters. The molecular weight excluding hydrogens is 414 g/mol. The summed E-state index contributed by atoms with van der Waals surface area (Å²) in [6, 6.07) is 12.1. The monoisotopic (exact) mass is 433 g/mol. The van der Waals surface area contributed by atoms with Crippen LogP contribution in [0.25, 0.3) is 11.0 Å². The van der Waals surface area contributed by atoms with Crippen LogP contribution in [-0.2, 0) is 0 Å². The molecule has 8 heteroatoms. The highest BCUT2D eigenvalue weighted by Gasteiger charge is 2.45. The largest absolute Gasteiger partial charge is 0.494 e. The fraction of sp³-hybridized carbons (Fsp3) is 0.217. The van der Waals surface area contributed by atoms with E-state index in [2.05, 4.69) is 10.2 Å². The minimum atomic E-state index is -0.679. The fourth-order valence-corrected chi connectivity index (χ4v) is 4.45. The lowest BCUT2D eigenvalue weighted by atomic mass is 9.98. The van der Waals surface area contributed by atoms with Crippen molar-refractivity contribution < 1.29 is 13.9 Å². The molecule has 0 saturated carbocycles. The SMILES string of the molecule is CCCOc1cccc([C@H]2c3c(oc4ccc(C)cc4c3=O)C(=O)N2c2nncs2)c1. The Kier molecular flexibility index (Phi) is 4.78. The van der Waals surface area contributed by atoms with E-state index in [0.717, 1.165) is 17.5 Å². The van der Waals surface area contributed by atoms with Crippen molar-refractivity contribution in [2.75, 3.05) is 11.5 Å². The average molecular weight is 433 g/mol. The topological polar surface area (TPSA) is 85.5 Å². The normalized spacial score (nSPS) is 15.5. The Balaban J connectivity index is 1.75. The third-order valence-corrected chi connectivity index (χ3v) is 5.92. The van der Waals surface area contributed by atoms with Gasteiger partial charge < -0.3 is 9.15 Å². The van der Waals surface area contributed by atoms with Crippen molar-refractivity contribution in [1.29, 1.82) is 0 Å². The summed E-state index contributed by atoms with van der Waals surface area (Å²) in [5, 5.41) is 8.83. The highest BCUT2D eigenvalue weighted by atomic mass is 32.1. The predicted octanol–water partition coefficient (Wildman–Crippen LogP) is 4.49. The number of amides is 1. The van der Waals surface area contributed by atoms with Crippen LogP contribution in [-0.4, -0.2) is 22.7 Å². The Morgan fingerprint density at radius 1 is 1.19 bits per heavy atom. The van der Waals surface area contributed by atoms with Crippen molar-refractivity contribution >= 4 is 33.3 Å². The Morgan fingerprint density at radius 3 is 2.84 bits per heavy atom. The second-order valence-electron chi connectivity index (χ2n) is 7.39. The van der Waals surface area contributed by atoms with E-state index in [-0.39, 0.29) is 11.2 Å². The predicted molar refractivity (Wildman–Crippen MR) is 118 cm³/mol. The molecule has 4 aromatic rings. The zero-order valence-corrected chi connectivity index (χ0v) is 17.8. The fourth-order valence-electron chi connectivity index (χ4n) is 3.87. The standard InChI is InChI=1S/C23H19N3O4S/c1-3-9-29-15-6-4-5-14(11-15)19-18-20(27)16-10-13(2)7-8-17(16)30-21(18)22(28)26(19)23-25-24-12-31-23/h4-8,10-12,19H,3,9H2,1-2H3/t19-/m0/s1. The summed E-state index contributed by atoms with van der Waals surface area (Å²) in [4.78, 5) is 28.5. The van der Waals surface area contributed by atoms with E-state index in [1.54, 1.807) is 17.6 Å². The Morgan fingerprint density at radius 2 is 2.06 bits per heavy atom. The van der Waals surface area contributed by atoms with E-state index in [0.29, 0.717) is 34.0 Å². The summed E-state index contributed by atoms with van der Waals surface area (Å²) < 4.78 is 11.7. The van der Waals surface area contributed by atoms with E-state index in [1.165, 1.54) is 16.2 Å². The molecule has 156 valence electrons. The van der Waals surface area contributed by atoms with Crippen LogP contribution in [0.5, 0.6) is 5.75 Å². The van der Waals surface area contributed by atoms with Crippen molar-refractivity contribution in [2.45, 2.75) is 26.3 Å². The molecule has 2 aromatic heterocycles. The lowest BCUT2D eigenvalue weighted by Crippen LogP contribution is -2.29. The molecule has 1 amide bonds. The number of carbonyl (C=O) groups is 1. The third kappa shape index (κ3) is 3.19. The molecule has 0 radical (unpaired) electrons. The van der Waals surface area contributed by atoms with Gasteiger partial charge >= 0.3 is 0 Å². The molecule has 5 rings (SSSR count). The quantitative estimate of drug-likeness (QED) is 0.461. The van der Waals surface area contributed by atoms with Gasteiger partial charge in [0.15, 0.2) is 5.43 Å². The summed E-state index contributed by atoms with van der Waals surface area (Å²) in [6.45, 7) is 4.53. The van der Waals surface area contributed by atoms with Crippen LogP contribution < -0.4 is 15.1 Å². The lowest BCUT2D eigenvalue weighted by Gasteiger charge is -2.22. The van der Waals surface area contributed by atoms with Crippen LogP contribution >= 0.6 is 11.3 Å². The molecule has 0 bridgehead atoms. The summed E-state index contributed by atoms with van der Waals surface area (Å²) in [5.74, 6) is 0.316. The molecule has 0 spiro atoms. The molecule has 2 aromatic carbocycles. The first-order chi connectivity index (χ1) is 15.1. The van der Waals surface area contributed by atoms with E-state index in [9.17, 15) is 9.59 Å². The van der Waals surface area contributed by atoms with Crippen molar-refractivity contribution in [1.82, 2.24) is 10.2 Å². The molecule has 3 heterocycles. The highest BCUT2D eigenvalue weighted by Crippen LogP contribution is 2.42. The number of rotatable bonds is 5. The zero-order valence-electron chi connectivity index (χ0n) is 17.0. The Hall–Kier alpha value is -3.52. The van der Waals surface area contributed by atoms with E-state index in [4.69, 9.17) is 9.15 Å². The number of ether oxygens (including phenoxy) is 1. The van der Waals surface area contributed by atoms with Crippen LogP contribution in [0.4, 0.5) is 5.13 Å². The van der Waals surface area contributed by atoms with Crippen LogP contribution in [0, 0.1) is 6.92 Å². The number of carbonyl (C=O) groups excluding carboxylic acids is 1. The number of aryl methyl sites for hydroxylation is 1. The molecule has 1 atom stereocenters. The number of anilines is 1. The minimum Gasteiger partial charge on any atom is -0.494 e. The van der Waals surface area contributed by atoms with Gasteiger partial charge in [0.25, 0.3) is 5.91 Å². The van der Waals surface area contributed by atoms with Gasteiger partial charge in [0.2, 0.25) is 10.9 Å². The van der Waals surface area contributed by atoms with Gasteiger partial charge in [-0.2, -0.15) is 0 Å². The highest BCUT2D eigenvalue weighted by molar-refractivity contribution is 7.13. The van der Waals surface area contributed by atoms with Crippen molar-refractivity contribution in [3.8, 4) is 5.75 Å². The Bertz CT molecular complexity index is 1350. The van der Waals surface area contributed by atoms with Gasteiger partial charge in [0.05, 0.1) is 23.6 Å². The average Bonchev–Trinajstić information content (AvgIpc) is 3.40. The first-order valence-electron chi connectivity index (χ1n) is 9.98. The van der Waals surface area contributed by atoms with E-state index < -0.39 is 11.9 Å². The first-order valence-corrected chi connectivity index (χ1v) is 10.9. The maximum Gasteiger partial charge on any atom is 0.297 e. The number of fused-ring (bicyclic) bond motifs is 2. The van der Waals surface area contributed by atoms with Crippen molar-refractivity contribution in [2.24, 2.45) is 0 Å². The van der Waals surface area contributed by atoms with Crippen molar-refractivity contribution in [3.63, 3.8) is 0 Å². The Labute approximate surface area is 181 Å². The van der Waals surface area contributed by atoms with Gasteiger partial charge in [-0.1, -0.05) is 42.0 Å². The smallest absolute Gasteiger partial charge is 0.297 e. The van der Waals surface area contributed by atoms with Gasteiger partial charge in [-0.15, -0.1) is 10.2 Å². The zero-order chi connectivity index (χ0) is 21.5. The number of nitrogens with zero attached hydrogens (tertiary/aromatic N) is 3. The molecular formula is C23H19N3O4S. The summed E-state index contributed by atoms with van der Waals surface area (Å²) in [6.07, 6.45) is 0.876. The van der Waals surface area contributed by atoms with Gasteiger partial charge in [0, 0.05) is 0 Å². The number of hydrogen-bond acceptors (Lipinski definition) is 7. The lowest BCUT2D eigenvalue weighted by molar-refractivity contribution is 0.0970. The molecule has 0 saturated heterocycles. The maximum atomic E-state index is 13.6. The third-order valence-electron chi connectivity index (χ3n) is 5.23. The number of hydrogen-bond donors (Lipinski definition) is 0. The van der Waals surface area contributed by atoms with Gasteiger partial charge in [-0.05, 0) is 43.2 Å². The molecule has 0 fully saturated rings. The van der Waals surface area contributed by atoms with Crippen LogP contribution in [0.3, 0.4) is 0 Å². The van der Waals surface area contributed by atoms with E-state index in [1.807, 2.05) is 44.2 Å². The summed E-state index contributed by atoms with van der Waals surface area (Å²) in [7, 11) is 0. The van der Waals surface area contributed by atoms with E-state index >= 15 is 0 Å². The van der Waals surface area contributed by atoms with Crippen LogP contribution in [0.15, 0.2) is 57.2 Å². The van der Waals surface area contributed by atoms with Gasteiger partial charge in [0.1, 0.15) is 16.8 Å². The molecule has 0 N–H and O–H groups in total. The van der Waals surface area contributed by atoms with Crippen molar-refractivity contribution in [3.05, 3.63) is 80.6 Å². The molecule has 1 aliphatic heterocycles. The van der Waals surface area contributed by atoms with Gasteiger partial charge in [-0.25, -0.2) is 0 Å². The second-order valence-corrected chi connectivity index (χ2v) is 8.21. The minimum absolute atomic E-state index is 0.0430. The summed E-state index contributed by atoms with van der Waals surface area (Å²) in [5.41, 5.74) is 3.72. The number of aromatic nitrogens is 2. The second kappa shape index (κ2) is 7.63. The molecule has 7 nitrogen and oxygen atoms in total.